The molecule has 2 nitrogen and oxygen atoms in total. The summed E-state index contributed by atoms with van der Waals surface area (Å²) in [5.74, 6) is 0. The molecule has 50 valence electrons. The number of hydrogen-bond acceptors (Lipinski definition) is 3. The minimum Gasteiger partial charge on any atom is -0.322 e. The second-order valence-corrected chi connectivity index (χ2v) is 2.81. The highest BCUT2D eigenvalue weighted by atomic mass is 32.1. The smallest absolute Gasteiger partial charge is 0.109 e. The third kappa shape index (κ3) is 1.50. The van der Waals surface area contributed by atoms with Crippen LogP contribution in [0.15, 0.2) is 11.6 Å². The highest BCUT2D eigenvalue weighted by molar-refractivity contribution is 7.09. The van der Waals surface area contributed by atoms with Crippen LogP contribution in [0.5, 0.6) is 0 Å². The van der Waals surface area contributed by atoms with E-state index in [9.17, 15) is 0 Å². The fourth-order valence-corrected chi connectivity index (χ4v) is 1.32. The molecule has 1 unspecified atom stereocenters. The lowest BCUT2D eigenvalue weighted by Gasteiger charge is -2.01. The fraction of sp³-hybridized carbons (Fsp3) is 0.500. The second kappa shape index (κ2) is 2.94. The first-order valence-electron chi connectivity index (χ1n) is 2.99. The molecule has 1 atom stereocenters. The van der Waals surface area contributed by atoms with E-state index in [4.69, 9.17) is 5.73 Å². The summed E-state index contributed by atoms with van der Waals surface area (Å²) in [5.41, 5.74) is 5.69. The van der Waals surface area contributed by atoms with Gasteiger partial charge in [0.2, 0.25) is 0 Å². The zero-order valence-electron chi connectivity index (χ0n) is 5.37. The van der Waals surface area contributed by atoms with Gasteiger partial charge in [0.1, 0.15) is 5.01 Å². The van der Waals surface area contributed by atoms with Gasteiger partial charge < -0.3 is 5.73 Å². The number of aromatic nitrogens is 1. The van der Waals surface area contributed by atoms with Gasteiger partial charge >= 0.3 is 0 Å². The molecule has 1 heterocycles. The maximum atomic E-state index is 5.69. The van der Waals surface area contributed by atoms with Crippen molar-refractivity contribution in [1.29, 1.82) is 0 Å². The summed E-state index contributed by atoms with van der Waals surface area (Å²) >= 11 is 1.62. The van der Waals surface area contributed by atoms with Crippen molar-refractivity contribution in [3.05, 3.63) is 16.6 Å². The topological polar surface area (TPSA) is 38.9 Å². The molecule has 0 aliphatic rings. The van der Waals surface area contributed by atoms with Gasteiger partial charge in [0.05, 0.1) is 6.04 Å². The Kier molecular flexibility index (Phi) is 2.19. The number of nitrogens with two attached hydrogens (primary N) is 1. The third-order valence-corrected chi connectivity index (χ3v) is 2.12. The predicted octanol–water partition coefficient (Wildman–Crippen LogP) is 1.55. The van der Waals surface area contributed by atoms with Crippen LogP contribution >= 0.6 is 11.3 Å². The Morgan fingerprint density at radius 1 is 1.89 bits per heavy atom. The summed E-state index contributed by atoms with van der Waals surface area (Å²) < 4.78 is 0. The standard InChI is InChI=1S/C6H10N2S/c1-2-5(7)6-8-3-4-9-6/h3-5H,2,7H2,1H3. The van der Waals surface area contributed by atoms with Crippen LogP contribution in [-0.4, -0.2) is 4.98 Å². The SMILES string of the molecule is CCC(N)c1nccs1. The molecule has 1 rings (SSSR count). The molecule has 0 aromatic carbocycles. The van der Waals surface area contributed by atoms with E-state index in [0.29, 0.717) is 0 Å². The van der Waals surface area contributed by atoms with Gasteiger partial charge in [-0.1, -0.05) is 6.92 Å². The molecule has 3 heteroatoms. The summed E-state index contributed by atoms with van der Waals surface area (Å²) in [5, 5.41) is 2.99. The van der Waals surface area contributed by atoms with Gasteiger partial charge in [-0.25, -0.2) is 4.98 Å². The van der Waals surface area contributed by atoms with Gasteiger partial charge in [0.25, 0.3) is 0 Å². The molecule has 2 N–H and O–H groups in total. The summed E-state index contributed by atoms with van der Waals surface area (Å²) in [6.07, 6.45) is 2.75. The number of rotatable bonds is 2. The maximum absolute atomic E-state index is 5.69. The van der Waals surface area contributed by atoms with Crippen molar-refractivity contribution in [1.82, 2.24) is 4.98 Å². The predicted molar refractivity (Wildman–Crippen MR) is 39.3 cm³/mol. The van der Waals surface area contributed by atoms with Gasteiger partial charge in [0, 0.05) is 11.6 Å². The summed E-state index contributed by atoms with van der Waals surface area (Å²) in [6.45, 7) is 2.06. The van der Waals surface area contributed by atoms with E-state index in [1.165, 1.54) is 0 Å². The largest absolute Gasteiger partial charge is 0.322 e. The van der Waals surface area contributed by atoms with Crippen LogP contribution in [-0.2, 0) is 0 Å². The molecule has 0 aliphatic carbocycles. The van der Waals surface area contributed by atoms with E-state index in [-0.39, 0.29) is 6.04 Å². The lowest BCUT2D eigenvalue weighted by atomic mass is 10.3. The highest BCUT2D eigenvalue weighted by Crippen LogP contribution is 2.14. The van der Waals surface area contributed by atoms with Crippen LogP contribution in [0.25, 0.3) is 0 Å². The summed E-state index contributed by atoms with van der Waals surface area (Å²) in [7, 11) is 0. The number of nitrogens with zero attached hydrogens (tertiary/aromatic N) is 1. The molecule has 0 saturated heterocycles. The molecule has 0 saturated carbocycles. The summed E-state index contributed by atoms with van der Waals surface area (Å²) in [6, 6.07) is 0.144. The Morgan fingerprint density at radius 2 is 2.67 bits per heavy atom. The van der Waals surface area contributed by atoms with E-state index < -0.39 is 0 Å². The first kappa shape index (κ1) is 6.71. The molecule has 9 heavy (non-hydrogen) atoms. The van der Waals surface area contributed by atoms with Crippen LogP contribution in [0.2, 0.25) is 0 Å². The van der Waals surface area contributed by atoms with E-state index >= 15 is 0 Å². The fourth-order valence-electron chi connectivity index (χ4n) is 0.592. The van der Waals surface area contributed by atoms with Gasteiger partial charge in [0.15, 0.2) is 0 Å². The van der Waals surface area contributed by atoms with E-state index in [1.807, 2.05) is 5.38 Å². The molecule has 0 spiro atoms. The van der Waals surface area contributed by atoms with Crippen molar-refractivity contribution in [3.8, 4) is 0 Å². The van der Waals surface area contributed by atoms with Crippen molar-refractivity contribution < 1.29 is 0 Å². The monoisotopic (exact) mass is 142 g/mol. The first-order valence-corrected chi connectivity index (χ1v) is 3.87. The molecular formula is C6H10N2S. The summed E-state index contributed by atoms with van der Waals surface area (Å²) in [4.78, 5) is 4.08. The number of hydrogen-bond donors (Lipinski definition) is 1. The molecule has 0 aliphatic heterocycles. The van der Waals surface area contributed by atoms with Gasteiger partial charge in [-0.3, -0.25) is 0 Å². The quantitative estimate of drug-likeness (QED) is 0.680. The van der Waals surface area contributed by atoms with E-state index in [2.05, 4.69) is 11.9 Å². The second-order valence-electron chi connectivity index (χ2n) is 1.89. The lowest BCUT2D eigenvalue weighted by Crippen LogP contribution is -2.07. The zero-order chi connectivity index (χ0) is 6.69. The highest BCUT2D eigenvalue weighted by Gasteiger charge is 2.03. The Labute approximate surface area is 58.7 Å². The van der Waals surface area contributed by atoms with Gasteiger partial charge in [-0.05, 0) is 6.42 Å². The van der Waals surface area contributed by atoms with Crippen molar-refractivity contribution in [2.75, 3.05) is 0 Å². The van der Waals surface area contributed by atoms with Crippen LogP contribution in [0.4, 0.5) is 0 Å². The average Bonchev–Trinajstić information content (AvgIpc) is 2.37. The van der Waals surface area contributed by atoms with Crippen molar-refractivity contribution in [3.63, 3.8) is 0 Å². The van der Waals surface area contributed by atoms with Crippen LogP contribution < -0.4 is 5.73 Å². The molecular weight excluding hydrogens is 132 g/mol. The Morgan fingerprint density at radius 3 is 3.11 bits per heavy atom. The normalized spacial score (nSPS) is 13.6. The lowest BCUT2D eigenvalue weighted by molar-refractivity contribution is 0.693. The van der Waals surface area contributed by atoms with E-state index in [1.54, 1.807) is 17.5 Å². The third-order valence-electron chi connectivity index (χ3n) is 1.21. The molecule has 1 aromatic rings. The Bertz CT molecular complexity index is 160. The van der Waals surface area contributed by atoms with Crippen LogP contribution in [0, 0.1) is 0 Å². The Hall–Kier alpha value is -0.410. The van der Waals surface area contributed by atoms with Crippen LogP contribution in [0.1, 0.15) is 24.4 Å². The molecule has 0 fully saturated rings. The van der Waals surface area contributed by atoms with E-state index in [0.717, 1.165) is 11.4 Å². The van der Waals surface area contributed by atoms with Gasteiger partial charge in [-0.2, -0.15) is 0 Å². The van der Waals surface area contributed by atoms with Crippen LogP contribution in [0.3, 0.4) is 0 Å². The van der Waals surface area contributed by atoms with Crippen molar-refractivity contribution in [2.24, 2.45) is 5.73 Å². The minimum absolute atomic E-state index is 0.144. The van der Waals surface area contributed by atoms with Crippen molar-refractivity contribution >= 4 is 11.3 Å². The zero-order valence-corrected chi connectivity index (χ0v) is 6.19. The van der Waals surface area contributed by atoms with Gasteiger partial charge in [-0.15, -0.1) is 11.3 Å². The molecule has 1 aromatic heterocycles. The first-order chi connectivity index (χ1) is 4.34. The molecule has 0 radical (unpaired) electrons. The number of thiazole rings is 1. The maximum Gasteiger partial charge on any atom is 0.109 e. The average molecular weight is 142 g/mol. The minimum atomic E-state index is 0.144. The van der Waals surface area contributed by atoms with Crippen molar-refractivity contribution in [2.45, 2.75) is 19.4 Å². The molecule has 0 amide bonds. The Balaban J connectivity index is 2.65. The molecule has 0 bridgehead atoms.